The number of benzene rings is 2. The van der Waals surface area contributed by atoms with Crippen LogP contribution in [0.3, 0.4) is 0 Å². The van der Waals surface area contributed by atoms with E-state index in [2.05, 4.69) is 5.32 Å². The van der Waals surface area contributed by atoms with Crippen LogP contribution in [0.4, 0.5) is 5.69 Å². The van der Waals surface area contributed by atoms with Gasteiger partial charge in [0.2, 0.25) is 0 Å². The average Bonchev–Trinajstić information content (AvgIpc) is 2.45. The summed E-state index contributed by atoms with van der Waals surface area (Å²) in [6.07, 6.45) is 0. The molecule has 20 heavy (non-hydrogen) atoms. The third kappa shape index (κ3) is 4.02. The summed E-state index contributed by atoms with van der Waals surface area (Å²) in [6.45, 7) is 1.95. The van der Waals surface area contributed by atoms with E-state index in [0.717, 1.165) is 5.56 Å². The predicted molar refractivity (Wildman–Crippen MR) is 78.3 cm³/mol. The summed E-state index contributed by atoms with van der Waals surface area (Å²) in [5, 5.41) is 2.76. The summed E-state index contributed by atoms with van der Waals surface area (Å²) in [6, 6.07) is 14.8. The molecule has 0 saturated carbocycles. The van der Waals surface area contributed by atoms with Gasteiger partial charge >= 0.3 is 0 Å². The van der Waals surface area contributed by atoms with Crippen molar-refractivity contribution in [2.24, 2.45) is 0 Å². The Hall–Kier alpha value is -2.49. The molecule has 0 aliphatic rings. The smallest absolute Gasteiger partial charge is 0.262 e. The van der Waals surface area contributed by atoms with Crippen molar-refractivity contribution in [1.29, 1.82) is 0 Å². The lowest BCUT2D eigenvalue weighted by molar-refractivity contribution is -0.118. The van der Waals surface area contributed by atoms with Crippen LogP contribution in [0.2, 0.25) is 0 Å². The van der Waals surface area contributed by atoms with Gasteiger partial charge in [0, 0.05) is 11.8 Å². The molecule has 2 rings (SSSR count). The molecule has 0 spiro atoms. The van der Waals surface area contributed by atoms with Crippen molar-refractivity contribution in [2.45, 2.75) is 6.92 Å². The molecular weight excluding hydrogens is 254 g/mol. The highest BCUT2D eigenvalue weighted by atomic mass is 16.5. The van der Waals surface area contributed by atoms with E-state index in [1.165, 1.54) is 0 Å². The normalized spacial score (nSPS) is 9.90. The summed E-state index contributed by atoms with van der Waals surface area (Å²) >= 11 is 0. The first kappa shape index (κ1) is 13.9. The van der Waals surface area contributed by atoms with Gasteiger partial charge in [0.15, 0.2) is 6.61 Å². The highest BCUT2D eigenvalue weighted by Crippen LogP contribution is 2.17. The van der Waals surface area contributed by atoms with Crippen molar-refractivity contribution in [3.63, 3.8) is 0 Å². The van der Waals surface area contributed by atoms with E-state index >= 15 is 0 Å². The number of carbonyl (C=O) groups is 1. The number of carbonyl (C=O) groups excluding carboxylic acids is 1. The zero-order valence-corrected chi connectivity index (χ0v) is 11.6. The number of nitrogens with one attached hydrogen (secondary N) is 1. The quantitative estimate of drug-likeness (QED) is 0.909. The van der Waals surface area contributed by atoms with Gasteiger partial charge in [-0.25, -0.2) is 0 Å². The van der Waals surface area contributed by atoms with Gasteiger partial charge in [-0.3, -0.25) is 4.79 Å². The molecule has 104 valence electrons. The number of rotatable bonds is 5. The van der Waals surface area contributed by atoms with Crippen LogP contribution in [0.15, 0.2) is 48.5 Å². The van der Waals surface area contributed by atoms with Gasteiger partial charge in [-0.1, -0.05) is 18.2 Å². The second kappa shape index (κ2) is 6.61. The van der Waals surface area contributed by atoms with E-state index in [1.807, 2.05) is 43.3 Å². The minimum Gasteiger partial charge on any atom is -0.497 e. The van der Waals surface area contributed by atoms with Crippen LogP contribution in [-0.2, 0) is 4.79 Å². The first-order chi connectivity index (χ1) is 9.67. The summed E-state index contributed by atoms with van der Waals surface area (Å²) < 4.78 is 10.5. The van der Waals surface area contributed by atoms with Crippen LogP contribution in [0.25, 0.3) is 0 Å². The van der Waals surface area contributed by atoms with Crippen LogP contribution in [-0.4, -0.2) is 19.6 Å². The molecule has 0 atom stereocenters. The summed E-state index contributed by atoms with van der Waals surface area (Å²) in [4.78, 5) is 11.8. The molecule has 4 nitrogen and oxygen atoms in total. The zero-order chi connectivity index (χ0) is 14.4. The lowest BCUT2D eigenvalue weighted by atomic mass is 10.2. The monoisotopic (exact) mass is 271 g/mol. The van der Waals surface area contributed by atoms with E-state index in [0.29, 0.717) is 17.2 Å². The number of aryl methyl sites for hydroxylation is 1. The van der Waals surface area contributed by atoms with Crippen LogP contribution in [0, 0.1) is 6.92 Å². The lowest BCUT2D eigenvalue weighted by Gasteiger charge is -2.09. The Bertz CT molecular complexity index is 596. The molecule has 0 aromatic heterocycles. The molecule has 4 heteroatoms. The van der Waals surface area contributed by atoms with E-state index in [1.54, 1.807) is 19.2 Å². The third-order valence-corrected chi connectivity index (χ3v) is 2.71. The molecule has 2 aromatic carbocycles. The molecule has 2 aromatic rings. The van der Waals surface area contributed by atoms with Crippen molar-refractivity contribution < 1.29 is 14.3 Å². The molecule has 0 fully saturated rings. The van der Waals surface area contributed by atoms with E-state index < -0.39 is 0 Å². The van der Waals surface area contributed by atoms with Crippen LogP contribution in [0.5, 0.6) is 11.5 Å². The molecule has 0 unspecified atom stereocenters. The maximum Gasteiger partial charge on any atom is 0.262 e. The maximum atomic E-state index is 11.8. The minimum atomic E-state index is -0.209. The van der Waals surface area contributed by atoms with Gasteiger partial charge in [0.25, 0.3) is 5.91 Å². The Labute approximate surface area is 118 Å². The van der Waals surface area contributed by atoms with Crippen molar-refractivity contribution in [2.75, 3.05) is 19.0 Å². The highest BCUT2D eigenvalue weighted by molar-refractivity contribution is 5.92. The second-order valence-electron chi connectivity index (χ2n) is 4.39. The van der Waals surface area contributed by atoms with Crippen molar-refractivity contribution >= 4 is 11.6 Å². The van der Waals surface area contributed by atoms with Gasteiger partial charge in [0.05, 0.1) is 7.11 Å². The Morgan fingerprint density at radius 1 is 1.10 bits per heavy atom. The molecule has 1 amide bonds. The molecule has 0 bridgehead atoms. The van der Waals surface area contributed by atoms with Crippen molar-refractivity contribution in [1.82, 2.24) is 0 Å². The van der Waals surface area contributed by atoms with Crippen LogP contribution < -0.4 is 14.8 Å². The number of hydrogen-bond acceptors (Lipinski definition) is 3. The predicted octanol–water partition coefficient (Wildman–Crippen LogP) is 3.02. The molecule has 0 heterocycles. The first-order valence-electron chi connectivity index (χ1n) is 6.31. The van der Waals surface area contributed by atoms with E-state index in [-0.39, 0.29) is 12.5 Å². The Morgan fingerprint density at radius 3 is 2.60 bits per heavy atom. The fourth-order valence-electron chi connectivity index (χ4n) is 1.75. The van der Waals surface area contributed by atoms with Gasteiger partial charge in [-0.05, 0) is 36.8 Å². The summed E-state index contributed by atoms with van der Waals surface area (Å²) in [5.41, 5.74) is 1.78. The Morgan fingerprint density at radius 2 is 1.85 bits per heavy atom. The molecule has 0 aliphatic heterocycles. The standard InChI is InChI=1S/C16H17NO3/c1-12-5-3-8-15(9-12)20-11-16(18)17-13-6-4-7-14(10-13)19-2/h3-10H,11H2,1-2H3,(H,17,18). The Balaban J connectivity index is 1.89. The molecule has 1 N–H and O–H groups in total. The first-order valence-corrected chi connectivity index (χ1v) is 6.31. The highest BCUT2D eigenvalue weighted by Gasteiger charge is 2.04. The van der Waals surface area contributed by atoms with Gasteiger partial charge < -0.3 is 14.8 Å². The number of methoxy groups -OCH3 is 1. The van der Waals surface area contributed by atoms with E-state index in [9.17, 15) is 4.79 Å². The SMILES string of the molecule is COc1cccc(NC(=O)COc2cccc(C)c2)c1. The van der Waals surface area contributed by atoms with Crippen molar-refractivity contribution in [3.8, 4) is 11.5 Å². The lowest BCUT2D eigenvalue weighted by Crippen LogP contribution is -2.20. The summed E-state index contributed by atoms with van der Waals surface area (Å²) in [5.74, 6) is 1.17. The average molecular weight is 271 g/mol. The van der Waals surface area contributed by atoms with Gasteiger partial charge in [0.1, 0.15) is 11.5 Å². The van der Waals surface area contributed by atoms with Crippen LogP contribution >= 0.6 is 0 Å². The van der Waals surface area contributed by atoms with Gasteiger partial charge in [-0.15, -0.1) is 0 Å². The largest absolute Gasteiger partial charge is 0.497 e. The molecule has 0 aliphatic carbocycles. The van der Waals surface area contributed by atoms with Crippen LogP contribution in [0.1, 0.15) is 5.56 Å². The van der Waals surface area contributed by atoms with Crippen molar-refractivity contribution in [3.05, 3.63) is 54.1 Å². The fraction of sp³-hybridized carbons (Fsp3) is 0.188. The summed E-state index contributed by atoms with van der Waals surface area (Å²) in [7, 11) is 1.59. The zero-order valence-electron chi connectivity index (χ0n) is 11.6. The fourth-order valence-corrected chi connectivity index (χ4v) is 1.75. The Kier molecular flexibility index (Phi) is 4.60. The molecule has 0 radical (unpaired) electrons. The number of ether oxygens (including phenoxy) is 2. The molecular formula is C16H17NO3. The number of amides is 1. The van der Waals surface area contributed by atoms with Gasteiger partial charge in [-0.2, -0.15) is 0 Å². The number of hydrogen-bond donors (Lipinski definition) is 1. The second-order valence-corrected chi connectivity index (χ2v) is 4.39. The minimum absolute atomic E-state index is 0.0271. The third-order valence-electron chi connectivity index (χ3n) is 2.71. The van der Waals surface area contributed by atoms with E-state index in [4.69, 9.17) is 9.47 Å². The number of anilines is 1. The molecule has 0 saturated heterocycles. The maximum absolute atomic E-state index is 11.8. The topological polar surface area (TPSA) is 47.6 Å².